The maximum Gasteiger partial charge on any atom is 0.494 e. The lowest BCUT2D eigenvalue weighted by atomic mass is 9.77. The summed E-state index contributed by atoms with van der Waals surface area (Å²) < 4.78 is 12.5. The van der Waals surface area contributed by atoms with Crippen molar-refractivity contribution in [3.63, 3.8) is 0 Å². The number of fused-ring (bicyclic) bond motifs is 12. The molecule has 0 amide bonds. The van der Waals surface area contributed by atoms with Crippen LogP contribution >= 0.6 is 11.6 Å². The second kappa shape index (κ2) is 20.5. The van der Waals surface area contributed by atoms with Crippen molar-refractivity contribution in [3.05, 3.63) is 244 Å². The van der Waals surface area contributed by atoms with Crippen molar-refractivity contribution in [2.24, 2.45) is 0 Å². The van der Waals surface area contributed by atoms with Crippen molar-refractivity contribution in [2.45, 2.75) is 105 Å². The van der Waals surface area contributed by atoms with Gasteiger partial charge in [0.1, 0.15) is 0 Å². The molecule has 5 heterocycles. The highest BCUT2D eigenvalue weighted by molar-refractivity contribution is 6.62. The molecular weight excluding hydrogens is 1050 g/mol. The van der Waals surface area contributed by atoms with E-state index in [0.29, 0.717) is 0 Å². The lowest BCUT2D eigenvalue weighted by molar-refractivity contribution is 0.00578. The highest BCUT2D eigenvalue weighted by Crippen LogP contribution is 2.51. The van der Waals surface area contributed by atoms with Crippen molar-refractivity contribution < 1.29 is 9.31 Å². The number of halogens is 1. The van der Waals surface area contributed by atoms with Crippen molar-refractivity contribution in [3.8, 4) is 55.6 Å². The maximum atomic E-state index is 6.27. The van der Waals surface area contributed by atoms with Gasteiger partial charge in [-0.15, -0.1) is 0 Å². The number of hydrogen-bond acceptors (Lipinski definition) is 6. The smallest absolute Gasteiger partial charge is 0.399 e. The Balaban J connectivity index is 0.000000125. The third-order valence-electron chi connectivity index (χ3n) is 18.2. The van der Waals surface area contributed by atoms with E-state index >= 15 is 0 Å². The highest BCUT2D eigenvalue weighted by Gasteiger charge is 2.51. The summed E-state index contributed by atoms with van der Waals surface area (Å²) in [6, 6.07) is 69.6. The highest BCUT2D eigenvalue weighted by atomic mass is 35.5. The number of hydrogen-bond donors (Lipinski definition) is 0. The molecule has 1 fully saturated rings. The molecule has 1 saturated heterocycles. The van der Waals surface area contributed by atoms with E-state index in [1.165, 1.54) is 77.9 Å². The molecule has 0 unspecified atom stereocenters. The molecule has 2 aliphatic carbocycles. The molecule has 0 N–H and O–H groups in total. The molecule has 414 valence electrons. The van der Waals surface area contributed by atoms with Gasteiger partial charge in [-0.25, -0.2) is 0 Å². The largest absolute Gasteiger partial charge is 0.494 e. The monoisotopic (exact) mass is 1110 g/mol. The van der Waals surface area contributed by atoms with Gasteiger partial charge in [0.15, 0.2) is 0 Å². The van der Waals surface area contributed by atoms with Gasteiger partial charge in [-0.3, -0.25) is 19.9 Å². The van der Waals surface area contributed by atoms with Crippen LogP contribution in [0, 0.1) is 27.7 Å². The molecule has 3 aliphatic rings. The number of nitrogens with zero attached hydrogens (tertiary/aromatic N) is 4. The van der Waals surface area contributed by atoms with Crippen LogP contribution in [-0.4, -0.2) is 38.3 Å². The normalized spacial score (nSPS) is 15.5. The van der Waals surface area contributed by atoms with Crippen molar-refractivity contribution in [1.29, 1.82) is 0 Å². The molecule has 1 aliphatic heterocycles. The summed E-state index contributed by atoms with van der Waals surface area (Å²) >= 11 is 6.23. The van der Waals surface area contributed by atoms with Crippen molar-refractivity contribution in [2.75, 3.05) is 0 Å². The predicted molar refractivity (Wildman–Crippen MR) is 352 cm³/mol. The number of aromatic nitrogens is 4. The zero-order valence-corrected chi connectivity index (χ0v) is 50.8. The standard InChI is InChI=1S/C35H28N2.C27H29BO2.C14H11ClN2/c1-21-12-13-23-14-17-29-30(18-22(2)37-34(29)33(23)36-21)26-9-7-8-24(19-26)25-15-16-28-27-10-5-6-11-31(27)35(3,4)32(28)20-25;1-25(2)23-13-8-7-12-21(23)22-15-14-19(17-24(22)25)18-10-9-11-20(16-18)28-29-26(3,4)27(5,6)30-28;1-8-3-4-10-5-6-11-12(15)7-9(2)17-14(11)13(10)16-8/h5-20H,1-4H3;7-17H,1-6H3;3-7H,1-2H3. The molecule has 84 heavy (non-hydrogen) atoms. The molecule has 12 aromatic rings. The van der Waals surface area contributed by atoms with Crippen LogP contribution in [0.4, 0.5) is 0 Å². The zero-order chi connectivity index (χ0) is 58.6. The molecular formula is C76H68BClN4O2. The Labute approximate surface area is 499 Å². The SMILES string of the molecule is CC1(C)c2ccccc2-c2ccc(-c3cccc(B4OC(C)(C)C(C)(C)O4)c3)cc21.Cc1ccc2ccc3c(-c4cccc(-c5ccc6c(c5)C(C)(C)c5ccccc5-6)c4)cc(C)nc3c2n1.Cc1ccc2ccc3c(Cl)cc(C)nc3c2n1. The van der Waals surface area contributed by atoms with Crippen LogP contribution in [-0.2, 0) is 20.1 Å². The molecule has 15 rings (SSSR count). The fourth-order valence-electron chi connectivity index (χ4n) is 12.9. The fraction of sp³-hybridized carbons (Fsp3) is 0.211. The minimum Gasteiger partial charge on any atom is -0.399 e. The second-order valence-electron chi connectivity index (χ2n) is 25.2. The summed E-state index contributed by atoms with van der Waals surface area (Å²) in [4.78, 5) is 18.9. The van der Waals surface area contributed by atoms with Gasteiger partial charge < -0.3 is 9.31 Å². The van der Waals surface area contributed by atoms with Crippen molar-refractivity contribution >= 4 is 67.8 Å². The number of rotatable bonds is 4. The van der Waals surface area contributed by atoms with Crippen LogP contribution in [0.25, 0.3) is 99.2 Å². The predicted octanol–water partition coefficient (Wildman–Crippen LogP) is 19.1. The summed E-state index contributed by atoms with van der Waals surface area (Å²) in [5, 5.41) is 5.05. The Morgan fingerprint density at radius 2 is 0.762 bits per heavy atom. The molecule has 0 spiro atoms. The third kappa shape index (κ3) is 9.47. The van der Waals surface area contributed by atoms with E-state index < -0.39 is 0 Å². The van der Waals surface area contributed by atoms with E-state index in [1.54, 1.807) is 0 Å². The van der Waals surface area contributed by atoms with E-state index in [9.17, 15) is 0 Å². The maximum absolute atomic E-state index is 6.27. The Kier molecular flexibility index (Phi) is 13.4. The van der Waals surface area contributed by atoms with E-state index in [4.69, 9.17) is 30.9 Å². The minimum absolute atomic E-state index is 0.00523. The first-order valence-electron chi connectivity index (χ1n) is 29.2. The quantitative estimate of drug-likeness (QED) is 0.129. The number of benzene rings is 8. The Morgan fingerprint density at radius 3 is 1.32 bits per heavy atom. The van der Waals surface area contributed by atoms with E-state index in [2.05, 4.69) is 242 Å². The van der Waals surface area contributed by atoms with Gasteiger partial charge in [0, 0.05) is 55.2 Å². The molecule has 6 nitrogen and oxygen atoms in total. The van der Waals surface area contributed by atoms with Gasteiger partial charge in [-0.05, 0) is 181 Å². The van der Waals surface area contributed by atoms with Gasteiger partial charge in [0.05, 0.1) is 38.3 Å². The lowest BCUT2D eigenvalue weighted by Crippen LogP contribution is -2.41. The molecule has 0 bridgehead atoms. The van der Waals surface area contributed by atoms with E-state index in [1.807, 2.05) is 45.0 Å². The molecule has 0 atom stereocenters. The van der Waals surface area contributed by atoms with Gasteiger partial charge in [-0.2, -0.15) is 0 Å². The second-order valence-corrected chi connectivity index (χ2v) is 25.6. The first kappa shape index (κ1) is 54.9. The summed E-state index contributed by atoms with van der Waals surface area (Å²) in [5.74, 6) is 0. The van der Waals surface area contributed by atoms with Gasteiger partial charge in [-0.1, -0.05) is 191 Å². The van der Waals surface area contributed by atoms with Gasteiger partial charge >= 0.3 is 7.12 Å². The molecule has 0 saturated carbocycles. The van der Waals surface area contributed by atoms with Crippen molar-refractivity contribution in [1.82, 2.24) is 19.9 Å². The Hall–Kier alpha value is -8.33. The van der Waals surface area contributed by atoms with Gasteiger partial charge in [0.2, 0.25) is 0 Å². The first-order chi connectivity index (χ1) is 40.1. The van der Waals surface area contributed by atoms with E-state index in [0.717, 1.165) is 76.9 Å². The van der Waals surface area contributed by atoms with Crippen LogP contribution in [0.3, 0.4) is 0 Å². The van der Waals surface area contributed by atoms with E-state index in [-0.39, 0.29) is 29.2 Å². The average molecular weight is 1120 g/mol. The topological polar surface area (TPSA) is 70.0 Å². The zero-order valence-electron chi connectivity index (χ0n) is 50.0. The Morgan fingerprint density at radius 1 is 0.333 bits per heavy atom. The summed E-state index contributed by atoms with van der Waals surface area (Å²) in [6.45, 7) is 25.7. The van der Waals surface area contributed by atoms with Crippen LogP contribution in [0.15, 0.2) is 194 Å². The summed E-state index contributed by atoms with van der Waals surface area (Å²) in [5.41, 5.74) is 26.4. The Bertz CT molecular complexity index is 4640. The molecule has 8 heteroatoms. The lowest BCUT2D eigenvalue weighted by Gasteiger charge is -2.32. The van der Waals surface area contributed by atoms with Crippen LogP contribution < -0.4 is 5.46 Å². The first-order valence-corrected chi connectivity index (χ1v) is 29.6. The fourth-order valence-corrected chi connectivity index (χ4v) is 13.2. The minimum atomic E-state index is -0.343. The summed E-state index contributed by atoms with van der Waals surface area (Å²) in [7, 11) is -0.343. The number of aryl methyl sites for hydroxylation is 4. The van der Waals surface area contributed by atoms with Crippen LogP contribution in [0.5, 0.6) is 0 Å². The molecule has 4 aromatic heterocycles. The summed E-state index contributed by atoms with van der Waals surface area (Å²) in [6.07, 6.45) is 0. The number of pyridine rings is 4. The van der Waals surface area contributed by atoms with Gasteiger partial charge in [0.25, 0.3) is 0 Å². The van der Waals surface area contributed by atoms with Crippen LogP contribution in [0.2, 0.25) is 5.02 Å². The average Bonchev–Trinajstić information content (AvgIpc) is 3.14. The third-order valence-corrected chi connectivity index (χ3v) is 18.5. The van der Waals surface area contributed by atoms with Crippen LogP contribution in [0.1, 0.15) is 100 Å². The molecule has 0 radical (unpaired) electrons. The molecule has 8 aromatic carbocycles.